The smallest absolute Gasteiger partial charge is 0.410 e. The second-order valence-corrected chi connectivity index (χ2v) is 10.9. The van der Waals surface area contributed by atoms with Gasteiger partial charge < -0.3 is 19.4 Å². The number of H-pyrrole nitrogens is 1. The van der Waals surface area contributed by atoms with Crippen molar-refractivity contribution >= 4 is 23.1 Å². The third-order valence-corrected chi connectivity index (χ3v) is 7.09. The van der Waals surface area contributed by atoms with E-state index in [-0.39, 0.29) is 23.3 Å². The van der Waals surface area contributed by atoms with Crippen molar-refractivity contribution in [3.05, 3.63) is 58.0 Å². The Kier molecular flexibility index (Phi) is 6.91. The Hall–Kier alpha value is -3.80. The summed E-state index contributed by atoms with van der Waals surface area (Å²) in [6.07, 6.45) is 2.62. The largest absolute Gasteiger partial charge is 0.444 e. The van der Waals surface area contributed by atoms with E-state index in [0.717, 1.165) is 5.69 Å². The summed E-state index contributed by atoms with van der Waals surface area (Å²) in [5, 5.41) is 6.87. The summed E-state index contributed by atoms with van der Waals surface area (Å²) in [4.78, 5) is 34.3. The van der Waals surface area contributed by atoms with Crippen LogP contribution in [0, 0.1) is 0 Å². The van der Waals surface area contributed by atoms with Gasteiger partial charge in [-0.05, 0) is 45.7 Å². The molecule has 0 spiro atoms. The number of thiazole rings is 1. The average Bonchev–Trinajstić information content (AvgIpc) is 3.50. The molecule has 200 valence electrons. The molecule has 3 aromatic heterocycles. The lowest BCUT2D eigenvalue weighted by Crippen LogP contribution is -2.41. The van der Waals surface area contributed by atoms with Gasteiger partial charge in [0.15, 0.2) is 0 Å². The highest BCUT2D eigenvalue weighted by atomic mass is 32.1. The number of ether oxygens (including phenoxy) is 2. The summed E-state index contributed by atoms with van der Waals surface area (Å²) >= 11 is 1.31. The number of fused-ring (bicyclic) bond motifs is 1. The number of halogens is 2. The van der Waals surface area contributed by atoms with Crippen LogP contribution in [-0.2, 0) is 4.74 Å². The van der Waals surface area contributed by atoms with E-state index < -0.39 is 12.2 Å². The summed E-state index contributed by atoms with van der Waals surface area (Å²) in [5.41, 5.74) is 1.97. The van der Waals surface area contributed by atoms with Gasteiger partial charge in [-0.3, -0.25) is 4.79 Å². The van der Waals surface area contributed by atoms with Crippen LogP contribution in [0.3, 0.4) is 0 Å². The van der Waals surface area contributed by atoms with Crippen molar-refractivity contribution in [2.75, 3.05) is 13.1 Å². The predicted molar refractivity (Wildman–Crippen MR) is 139 cm³/mol. The molecule has 1 aromatic carbocycles. The van der Waals surface area contributed by atoms with Gasteiger partial charge >= 0.3 is 12.7 Å². The number of piperidine rings is 1. The molecule has 1 N–H and O–H groups in total. The van der Waals surface area contributed by atoms with E-state index in [2.05, 4.69) is 19.8 Å². The van der Waals surface area contributed by atoms with Gasteiger partial charge in [0, 0.05) is 36.0 Å². The van der Waals surface area contributed by atoms with Crippen LogP contribution in [0.15, 0.2) is 46.7 Å². The molecule has 38 heavy (non-hydrogen) atoms. The number of carbonyl (C=O) groups excluding carboxylic acids is 1. The number of likely N-dealkylation sites (tertiary alicyclic amines) is 1. The summed E-state index contributed by atoms with van der Waals surface area (Å²) in [7, 11) is 0. The average molecular weight is 544 g/mol. The van der Waals surface area contributed by atoms with Crippen LogP contribution in [0.25, 0.3) is 27.5 Å². The first-order valence-corrected chi connectivity index (χ1v) is 13.1. The molecule has 1 fully saturated rings. The van der Waals surface area contributed by atoms with Crippen molar-refractivity contribution in [1.82, 2.24) is 24.5 Å². The number of benzene rings is 1. The Morgan fingerprint density at radius 3 is 2.63 bits per heavy atom. The number of aromatic amines is 1. The van der Waals surface area contributed by atoms with E-state index in [1.165, 1.54) is 17.4 Å². The topological polar surface area (TPSA) is 102 Å². The molecule has 5 rings (SSSR count). The maximum absolute atomic E-state index is 12.9. The second kappa shape index (κ2) is 10.2. The minimum absolute atomic E-state index is 0.0245. The molecule has 4 heterocycles. The Morgan fingerprint density at radius 1 is 1.18 bits per heavy atom. The number of aromatic nitrogens is 4. The highest BCUT2D eigenvalue weighted by molar-refractivity contribution is 7.13. The number of alkyl halides is 2. The summed E-state index contributed by atoms with van der Waals surface area (Å²) in [6, 6.07) is 8.01. The van der Waals surface area contributed by atoms with Gasteiger partial charge in [-0.1, -0.05) is 12.1 Å². The number of nitrogens with zero attached hydrogens (tertiary/aromatic N) is 4. The number of carbonyl (C=O) groups is 1. The van der Waals surface area contributed by atoms with Crippen LogP contribution >= 0.6 is 11.3 Å². The SMILES string of the molecule is CC(C)(C)OC(=O)N1CCC(c2cc(=O)[nH]c3c(-c4nc(-c5ccccc5OC(F)F)cs4)cnn23)CC1. The van der Waals surface area contributed by atoms with E-state index in [1.807, 2.05) is 20.8 Å². The number of hydrogen-bond acceptors (Lipinski definition) is 7. The highest BCUT2D eigenvalue weighted by Crippen LogP contribution is 2.36. The highest BCUT2D eigenvalue weighted by Gasteiger charge is 2.29. The lowest BCUT2D eigenvalue weighted by molar-refractivity contribution is -0.0494. The molecule has 1 amide bonds. The lowest BCUT2D eigenvalue weighted by atomic mass is 9.93. The van der Waals surface area contributed by atoms with Crippen molar-refractivity contribution in [2.24, 2.45) is 0 Å². The van der Waals surface area contributed by atoms with Gasteiger partial charge in [-0.15, -0.1) is 11.3 Å². The molecule has 0 unspecified atom stereocenters. The number of nitrogens with one attached hydrogen (secondary N) is 1. The molecule has 1 aliphatic heterocycles. The molecule has 1 saturated heterocycles. The molecule has 4 aromatic rings. The van der Waals surface area contributed by atoms with Crippen molar-refractivity contribution in [2.45, 2.75) is 51.7 Å². The lowest BCUT2D eigenvalue weighted by Gasteiger charge is -2.33. The van der Waals surface area contributed by atoms with Crippen LogP contribution < -0.4 is 10.3 Å². The zero-order chi connectivity index (χ0) is 27.0. The van der Waals surface area contributed by atoms with Crippen LogP contribution in [-0.4, -0.2) is 55.9 Å². The minimum Gasteiger partial charge on any atom is -0.444 e. The number of para-hydroxylation sites is 1. The first kappa shape index (κ1) is 25.8. The standard InChI is InChI=1S/C26H27F2N5O4S/c1-26(2,3)37-25(35)32-10-8-15(9-11-32)19-12-21(34)31-22-17(13-29-33(19)22)23-30-18(14-38-23)16-6-4-5-7-20(16)36-24(27)28/h4-7,12-15,24H,8-11H2,1-3H3,(H,31,34). The first-order valence-electron chi connectivity index (χ1n) is 12.2. The molecule has 0 atom stereocenters. The molecule has 0 bridgehead atoms. The van der Waals surface area contributed by atoms with E-state index >= 15 is 0 Å². The Morgan fingerprint density at radius 2 is 1.92 bits per heavy atom. The zero-order valence-corrected chi connectivity index (χ0v) is 21.9. The molecule has 1 aliphatic rings. The molecule has 0 radical (unpaired) electrons. The van der Waals surface area contributed by atoms with E-state index in [4.69, 9.17) is 4.74 Å². The molecule has 9 nitrogen and oxygen atoms in total. The Labute approximate surface area is 221 Å². The van der Waals surface area contributed by atoms with Crippen LogP contribution in [0.5, 0.6) is 5.75 Å². The van der Waals surface area contributed by atoms with E-state index in [0.29, 0.717) is 53.4 Å². The van der Waals surface area contributed by atoms with Crippen molar-refractivity contribution < 1.29 is 23.0 Å². The summed E-state index contributed by atoms with van der Waals surface area (Å²) in [6.45, 7) is 3.58. The van der Waals surface area contributed by atoms with E-state index in [9.17, 15) is 18.4 Å². The molecule has 0 saturated carbocycles. The van der Waals surface area contributed by atoms with Crippen molar-refractivity contribution in [1.29, 1.82) is 0 Å². The third kappa shape index (κ3) is 5.40. The van der Waals surface area contributed by atoms with Crippen molar-refractivity contribution in [3.8, 4) is 27.6 Å². The van der Waals surface area contributed by atoms with Gasteiger partial charge in [-0.2, -0.15) is 13.9 Å². The van der Waals surface area contributed by atoms with Gasteiger partial charge in [0.2, 0.25) is 0 Å². The van der Waals surface area contributed by atoms with E-state index in [1.54, 1.807) is 45.3 Å². The quantitative estimate of drug-likeness (QED) is 0.355. The van der Waals surface area contributed by atoms with Gasteiger partial charge in [0.1, 0.15) is 22.0 Å². The molecular formula is C26H27F2N5O4S. The van der Waals surface area contributed by atoms with Gasteiger partial charge in [0.25, 0.3) is 5.56 Å². The molecule has 12 heteroatoms. The van der Waals surface area contributed by atoms with Crippen LogP contribution in [0.4, 0.5) is 13.6 Å². The number of amides is 1. The van der Waals surface area contributed by atoms with Gasteiger partial charge in [0.05, 0.1) is 23.1 Å². The Balaban J connectivity index is 1.41. The predicted octanol–water partition coefficient (Wildman–Crippen LogP) is 5.53. The zero-order valence-electron chi connectivity index (χ0n) is 21.1. The molecule has 0 aliphatic carbocycles. The fourth-order valence-electron chi connectivity index (χ4n) is 4.54. The summed E-state index contributed by atoms with van der Waals surface area (Å²) < 4.78 is 37.6. The normalized spacial score (nSPS) is 14.8. The maximum atomic E-state index is 12.9. The summed E-state index contributed by atoms with van der Waals surface area (Å²) in [5.74, 6) is 0.0593. The van der Waals surface area contributed by atoms with Crippen molar-refractivity contribution in [3.63, 3.8) is 0 Å². The van der Waals surface area contributed by atoms with Crippen LogP contribution in [0.1, 0.15) is 45.2 Å². The Bertz CT molecular complexity index is 1520. The fourth-order valence-corrected chi connectivity index (χ4v) is 5.37. The third-order valence-electron chi connectivity index (χ3n) is 6.21. The number of hydrogen-bond donors (Lipinski definition) is 1. The van der Waals surface area contributed by atoms with Crippen LogP contribution in [0.2, 0.25) is 0 Å². The minimum atomic E-state index is -2.95. The maximum Gasteiger partial charge on any atom is 0.410 e. The monoisotopic (exact) mass is 543 g/mol. The van der Waals surface area contributed by atoms with Gasteiger partial charge in [-0.25, -0.2) is 14.3 Å². The first-order chi connectivity index (χ1) is 18.1. The second-order valence-electron chi connectivity index (χ2n) is 10.0. The fraction of sp³-hybridized carbons (Fsp3) is 0.385. The number of rotatable bonds is 5. The molecular weight excluding hydrogens is 516 g/mol.